The SMILES string of the molecule is C#CC(C)(C)Nc1nccnc1N. The molecule has 4 heteroatoms. The highest BCUT2D eigenvalue weighted by Gasteiger charge is 2.15. The second-order valence-electron chi connectivity index (χ2n) is 3.18. The number of hydrogen-bond acceptors (Lipinski definition) is 4. The highest BCUT2D eigenvalue weighted by atomic mass is 15.1. The number of nitrogen functional groups attached to an aromatic ring is 1. The minimum atomic E-state index is -0.468. The zero-order valence-corrected chi connectivity index (χ0v) is 7.70. The van der Waals surface area contributed by atoms with Crippen molar-refractivity contribution in [1.29, 1.82) is 0 Å². The van der Waals surface area contributed by atoms with Crippen molar-refractivity contribution in [2.24, 2.45) is 0 Å². The Morgan fingerprint density at radius 3 is 2.62 bits per heavy atom. The molecule has 0 amide bonds. The number of aromatic nitrogens is 2. The van der Waals surface area contributed by atoms with E-state index in [-0.39, 0.29) is 0 Å². The van der Waals surface area contributed by atoms with Crippen molar-refractivity contribution in [3.63, 3.8) is 0 Å². The third-order valence-electron chi connectivity index (χ3n) is 1.52. The number of nitrogens with zero attached hydrogens (tertiary/aromatic N) is 2. The summed E-state index contributed by atoms with van der Waals surface area (Å²) in [7, 11) is 0. The molecule has 1 heterocycles. The van der Waals surface area contributed by atoms with Crippen LogP contribution in [0.25, 0.3) is 0 Å². The van der Waals surface area contributed by atoms with Gasteiger partial charge in [-0.15, -0.1) is 6.42 Å². The molecule has 1 aromatic heterocycles. The van der Waals surface area contributed by atoms with E-state index >= 15 is 0 Å². The molecule has 68 valence electrons. The van der Waals surface area contributed by atoms with Gasteiger partial charge in [0, 0.05) is 12.4 Å². The standard InChI is InChI=1S/C9H12N4/c1-4-9(2,3)13-8-7(10)11-5-6-12-8/h1,5-6H,2-3H3,(H2,10,11)(H,12,13). The Hall–Kier alpha value is -1.76. The van der Waals surface area contributed by atoms with Crippen LogP contribution in [0.4, 0.5) is 11.6 Å². The Labute approximate surface area is 77.6 Å². The summed E-state index contributed by atoms with van der Waals surface area (Å²) in [5.41, 5.74) is 5.11. The number of terminal acetylenes is 1. The van der Waals surface area contributed by atoms with Crippen LogP contribution in [0.2, 0.25) is 0 Å². The van der Waals surface area contributed by atoms with Crippen molar-refractivity contribution in [2.75, 3.05) is 11.1 Å². The minimum Gasteiger partial charge on any atom is -0.381 e. The molecule has 0 unspecified atom stereocenters. The molecule has 0 aromatic carbocycles. The van der Waals surface area contributed by atoms with E-state index in [4.69, 9.17) is 12.2 Å². The van der Waals surface area contributed by atoms with E-state index in [0.29, 0.717) is 11.6 Å². The van der Waals surface area contributed by atoms with Gasteiger partial charge in [0.25, 0.3) is 0 Å². The zero-order chi connectivity index (χ0) is 9.90. The second-order valence-corrected chi connectivity index (χ2v) is 3.18. The highest BCUT2D eigenvalue weighted by Crippen LogP contribution is 2.15. The Balaban J connectivity index is 2.88. The second kappa shape index (κ2) is 3.31. The number of nitrogens with one attached hydrogen (secondary N) is 1. The Bertz CT molecular complexity index is 338. The molecule has 0 spiro atoms. The fourth-order valence-corrected chi connectivity index (χ4v) is 0.777. The topological polar surface area (TPSA) is 63.8 Å². The van der Waals surface area contributed by atoms with Crippen molar-refractivity contribution in [2.45, 2.75) is 19.4 Å². The zero-order valence-electron chi connectivity index (χ0n) is 7.70. The summed E-state index contributed by atoms with van der Waals surface area (Å²) in [6.07, 6.45) is 8.39. The van der Waals surface area contributed by atoms with Crippen molar-refractivity contribution >= 4 is 11.6 Å². The van der Waals surface area contributed by atoms with E-state index in [1.165, 1.54) is 6.20 Å². The molecule has 0 saturated carbocycles. The first-order valence-corrected chi connectivity index (χ1v) is 3.87. The number of hydrogen-bond donors (Lipinski definition) is 2. The third kappa shape index (κ3) is 2.34. The fraction of sp³-hybridized carbons (Fsp3) is 0.333. The van der Waals surface area contributed by atoms with Gasteiger partial charge >= 0.3 is 0 Å². The highest BCUT2D eigenvalue weighted by molar-refractivity contribution is 5.57. The van der Waals surface area contributed by atoms with Crippen LogP contribution in [0.1, 0.15) is 13.8 Å². The van der Waals surface area contributed by atoms with E-state index in [2.05, 4.69) is 21.2 Å². The van der Waals surface area contributed by atoms with Crippen molar-refractivity contribution in [1.82, 2.24) is 9.97 Å². The van der Waals surface area contributed by atoms with E-state index in [0.717, 1.165) is 0 Å². The van der Waals surface area contributed by atoms with Crippen LogP contribution in [0, 0.1) is 12.3 Å². The van der Waals surface area contributed by atoms with Crippen LogP contribution in [-0.2, 0) is 0 Å². The van der Waals surface area contributed by atoms with Gasteiger partial charge in [0.15, 0.2) is 11.6 Å². The molecule has 0 atom stereocenters. The van der Waals surface area contributed by atoms with Gasteiger partial charge in [-0.05, 0) is 13.8 Å². The minimum absolute atomic E-state index is 0.353. The maximum Gasteiger partial charge on any atom is 0.170 e. The monoisotopic (exact) mass is 176 g/mol. The predicted molar refractivity (Wildman–Crippen MR) is 53.0 cm³/mol. The van der Waals surface area contributed by atoms with Gasteiger partial charge in [-0.3, -0.25) is 0 Å². The van der Waals surface area contributed by atoms with Crippen LogP contribution in [0.3, 0.4) is 0 Å². The Morgan fingerprint density at radius 2 is 2.08 bits per heavy atom. The lowest BCUT2D eigenvalue weighted by molar-refractivity contribution is 0.735. The fourth-order valence-electron chi connectivity index (χ4n) is 0.777. The Kier molecular flexibility index (Phi) is 2.38. The molecular formula is C9H12N4. The van der Waals surface area contributed by atoms with Crippen molar-refractivity contribution < 1.29 is 0 Å². The van der Waals surface area contributed by atoms with Crippen LogP contribution < -0.4 is 11.1 Å². The van der Waals surface area contributed by atoms with Gasteiger partial charge in [-0.2, -0.15) is 0 Å². The lowest BCUT2D eigenvalue weighted by atomic mass is 10.1. The molecule has 0 saturated heterocycles. The third-order valence-corrected chi connectivity index (χ3v) is 1.52. The molecule has 1 rings (SSSR count). The van der Waals surface area contributed by atoms with Gasteiger partial charge < -0.3 is 11.1 Å². The first-order valence-electron chi connectivity index (χ1n) is 3.87. The summed E-state index contributed by atoms with van der Waals surface area (Å²) in [5, 5.41) is 3.00. The van der Waals surface area contributed by atoms with Crippen LogP contribution >= 0.6 is 0 Å². The van der Waals surface area contributed by atoms with Gasteiger partial charge in [0.05, 0.1) is 5.54 Å². The quantitative estimate of drug-likeness (QED) is 0.657. The molecule has 0 aliphatic carbocycles. The average Bonchev–Trinajstić information content (AvgIpc) is 2.09. The lowest BCUT2D eigenvalue weighted by Crippen LogP contribution is -2.29. The van der Waals surface area contributed by atoms with E-state index in [1.54, 1.807) is 6.20 Å². The molecule has 0 aliphatic heterocycles. The number of anilines is 2. The molecule has 0 bridgehead atoms. The van der Waals surface area contributed by atoms with Gasteiger partial charge in [0.2, 0.25) is 0 Å². The maximum atomic E-state index is 5.58. The van der Waals surface area contributed by atoms with Crippen LogP contribution in [0.5, 0.6) is 0 Å². The van der Waals surface area contributed by atoms with Gasteiger partial charge in [0.1, 0.15) is 0 Å². The summed E-state index contributed by atoms with van der Waals surface area (Å²) in [6, 6.07) is 0. The smallest absolute Gasteiger partial charge is 0.170 e. The predicted octanol–water partition coefficient (Wildman–Crippen LogP) is 0.883. The summed E-state index contributed by atoms with van der Waals surface area (Å²) < 4.78 is 0. The van der Waals surface area contributed by atoms with Crippen LogP contribution in [0.15, 0.2) is 12.4 Å². The van der Waals surface area contributed by atoms with E-state index in [9.17, 15) is 0 Å². The normalized spacial score (nSPS) is 10.5. The molecular weight excluding hydrogens is 164 g/mol. The largest absolute Gasteiger partial charge is 0.381 e. The lowest BCUT2D eigenvalue weighted by Gasteiger charge is -2.20. The summed E-state index contributed by atoms with van der Waals surface area (Å²) in [5.74, 6) is 3.45. The summed E-state index contributed by atoms with van der Waals surface area (Å²) in [4.78, 5) is 7.90. The number of nitrogens with two attached hydrogens (primary N) is 1. The first-order chi connectivity index (χ1) is 6.05. The van der Waals surface area contributed by atoms with E-state index < -0.39 is 5.54 Å². The first kappa shape index (κ1) is 9.33. The van der Waals surface area contributed by atoms with Gasteiger partial charge in [-0.25, -0.2) is 9.97 Å². The Morgan fingerprint density at radius 1 is 1.46 bits per heavy atom. The van der Waals surface area contributed by atoms with E-state index in [1.807, 2.05) is 13.8 Å². The van der Waals surface area contributed by atoms with Crippen LogP contribution in [-0.4, -0.2) is 15.5 Å². The summed E-state index contributed by atoms with van der Waals surface area (Å²) in [6.45, 7) is 3.72. The molecule has 3 N–H and O–H groups in total. The molecule has 1 aromatic rings. The molecule has 0 fully saturated rings. The average molecular weight is 176 g/mol. The maximum absolute atomic E-state index is 5.58. The summed E-state index contributed by atoms with van der Waals surface area (Å²) >= 11 is 0. The molecule has 4 nitrogen and oxygen atoms in total. The molecule has 13 heavy (non-hydrogen) atoms. The molecule has 0 radical (unpaired) electrons. The van der Waals surface area contributed by atoms with Gasteiger partial charge in [-0.1, -0.05) is 5.92 Å². The van der Waals surface area contributed by atoms with Crippen molar-refractivity contribution in [3.8, 4) is 12.3 Å². The van der Waals surface area contributed by atoms with Crippen molar-refractivity contribution in [3.05, 3.63) is 12.4 Å². The number of rotatable bonds is 2. The molecule has 0 aliphatic rings.